The molecule has 1 aromatic carbocycles. The fraction of sp³-hybridized carbons (Fsp3) is 0.381. The third-order valence-corrected chi connectivity index (χ3v) is 5.57. The second kappa shape index (κ2) is 7.06. The van der Waals surface area contributed by atoms with Crippen LogP contribution in [0.25, 0.3) is 0 Å². The van der Waals surface area contributed by atoms with Crippen molar-refractivity contribution in [1.29, 1.82) is 15.8 Å². The van der Waals surface area contributed by atoms with Crippen LogP contribution in [-0.4, -0.2) is 14.2 Å². The second-order valence-electron chi connectivity index (χ2n) is 6.72. The van der Waals surface area contributed by atoms with Gasteiger partial charge in [0.05, 0.1) is 37.6 Å². The van der Waals surface area contributed by atoms with E-state index in [0.717, 1.165) is 30.4 Å². The van der Waals surface area contributed by atoms with Gasteiger partial charge in [-0.3, -0.25) is 0 Å². The number of methoxy groups -OCH3 is 2. The van der Waals surface area contributed by atoms with Gasteiger partial charge in [0.1, 0.15) is 6.07 Å². The van der Waals surface area contributed by atoms with Gasteiger partial charge in [-0.15, -0.1) is 0 Å². The lowest BCUT2D eigenvalue weighted by atomic mass is 9.57. The molecule has 0 aromatic heterocycles. The van der Waals surface area contributed by atoms with Crippen LogP contribution in [0.2, 0.25) is 0 Å². The lowest BCUT2D eigenvalue weighted by molar-refractivity contribution is 0.314. The molecule has 3 rings (SSSR count). The Balaban J connectivity index is 2.30. The smallest absolute Gasteiger partial charge is 0.191 e. The van der Waals surface area contributed by atoms with E-state index in [-0.39, 0.29) is 17.2 Å². The maximum Gasteiger partial charge on any atom is 0.191 e. The Hall–Kier alpha value is -3.43. The van der Waals surface area contributed by atoms with Crippen molar-refractivity contribution in [2.75, 3.05) is 14.2 Å². The van der Waals surface area contributed by atoms with Crippen molar-refractivity contribution >= 4 is 0 Å². The van der Waals surface area contributed by atoms with Crippen LogP contribution >= 0.6 is 0 Å². The first kappa shape index (κ1) is 18.4. The molecule has 6 heteroatoms. The van der Waals surface area contributed by atoms with Crippen LogP contribution in [0, 0.1) is 45.3 Å². The number of rotatable bonds is 3. The molecule has 2 N–H and O–H groups in total. The molecule has 1 aromatic rings. The van der Waals surface area contributed by atoms with Crippen molar-refractivity contribution in [3.63, 3.8) is 0 Å². The molecule has 0 aliphatic heterocycles. The highest BCUT2D eigenvalue weighted by Gasteiger charge is 2.53. The van der Waals surface area contributed by atoms with Gasteiger partial charge in [-0.05, 0) is 48.4 Å². The third kappa shape index (κ3) is 2.60. The molecule has 0 heterocycles. The first-order chi connectivity index (χ1) is 13.1. The summed E-state index contributed by atoms with van der Waals surface area (Å²) in [4.78, 5) is 0. The quantitative estimate of drug-likeness (QED) is 0.884. The molecule has 2 aliphatic rings. The van der Waals surface area contributed by atoms with Gasteiger partial charge < -0.3 is 15.2 Å². The molecule has 0 saturated heterocycles. The molecule has 0 bridgehead atoms. The van der Waals surface area contributed by atoms with Crippen LogP contribution in [0.15, 0.2) is 41.1 Å². The molecule has 0 fully saturated rings. The summed E-state index contributed by atoms with van der Waals surface area (Å²) in [6, 6.07) is 11.8. The van der Waals surface area contributed by atoms with Gasteiger partial charge in [0.15, 0.2) is 16.9 Å². The summed E-state index contributed by atoms with van der Waals surface area (Å²) in [5.74, 6) is 0.473. The molecule has 0 amide bonds. The Bertz CT molecular complexity index is 942. The van der Waals surface area contributed by atoms with E-state index >= 15 is 0 Å². The lowest BCUT2D eigenvalue weighted by Crippen LogP contribution is -2.42. The summed E-state index contributed by atoms with van der Waals surface area (Å²) in [6.07, 6.45) is 4.60. The number of ether oxygens (including phenoxy) is 2. The molecule has 2 aliphatic carbocycles. The van der Waals surface area contributed by atoms with Crippen LogP contribution in [0.5, 0.6) is 11.5 Å². The van der Waals surface area contributed by atoms with Gasteiger partial charge in [0.25, 0.3) is 0 Å². The van der Waals surface area contributed by atoms with Gasteiger partial charge in [0, 0.05) is 5.92 Å². The SMILES string of the molecule is COc1ccc([C@H]2[C@H]3CCCC=C3C(C#N)=C(N)C2(C#N)C#N)cc1OC. The summed E-state index contributed by atoms with van der Waals surface area (Å²) in [5.41, 5.74) is 6.60. The number of allylic oxidation sites excluding steroid dienone is 4. The van der Waals surface area contributed by atoms with Gasteiger partial charge >= 0.3 is 0 Å². The Morgan fingerprint density at radius 2 is 1.81 bits per heavy atom. The summed E-state index contributed by atoms with van der Waals surface area (Å²) < 4.78 is 10.7. The minimum absolute atomic E-state index is 0.0409. The molecule has 0 unspecified atom stereocenters. The zero-order chi connectivity index (χ0) is 19.6. The average molecular weight is 360 g/mol. The second-order valence-corrected chi connectivity index (χ2v) is 6.72. The number of hydrogen-bond donors (Lipinski definition) is 1. The number of benzene rings is 1. The van der Waals surface area contributed by atoms with E-state index in [1.54, 1.807) is 26.4 Å². The Labute approximate surface area is 158 Å². The van der Waals surface area contributed by atoms with Gasteiger partial charge in [-0.2, -0.15) is 15.8 Å². The highest BCUT2D eigenvalue weighted by Crippen LogP contribution is 2.56. The molecular formula is C21H20N4O2. The normalized spacial score (nSPS) is 23.1. The monoisotopic (exact) mass is 360 g/mol. The molecule has 0 saturated carbocycles. The summed E-state index contributed by atoms with van der Waals surface area (Å²) in [5, 5.41) is 29.7. The fourth-order valence-electron chi connectivity index (χ4n) is 4.30. The van der Waals surface area contributed by atoms with E-state index < -0.39 is 11.3 Å². The molecule has 0 spiro atoms. The van der Waals surface area contributed by atoms with Gasteiger partial charge in [-0.1, -0.05) is 12.1 Å². The summed E-state index contributed by atoms with van der Waals surface area (Å²) >= 11 is 0. The van der Waals surface area contributed by atoms with Crippen molar-refractivity contribution < 1.29 is 9.47 Å². The zero-order valence-electron chi connectivity index (χ0n) is 15.3. The van der Waals surface area contributed by atoms with Gasteiger partial charge in [0.2, 0.25) is 0 Å². The van der Waals surface area contributed by atoms with Crippen molar-refractivity contribution in [1.82, 2.24) is 0 Å². The third-order valence-electron chi connectivity index (χ3n) is 5.57. The minimum atomic E-state index is -1.61. The van der Waals surface area contributed by atoms with Crippen molar-refractivity contribution in [3.8, 4) is 29.7 Å². The van der Waals surface area contributed by atoms with Crippen molar-refractivity contribution in [2.24, 2.45) is 17.1 Å². The average Bonchev–Trinajstić information content (AvgIpc) is 2.72. The minimum Gasteiger partial charge on any atom is -0.493 e. The maximum absolute atomic E-state index is 10.0. The van der Waals surface area contributed by atoms with Gasteiger partial charge in [-0.25, -0.2) is 0 Å². The van der Waals surface area contributed by atoms with E-state index in [0.29, 0.717) is 11.5 Å². The fourth-order valence-corrected chi connectivity index (χ4v) is 4.30. The number of nitriles is 3. The number of nitrogens with two attached hydrogens (primary N) is 1. The summed E-state index contributed by atoms with van der Waals surface area (Å²) in [7, 11) is 3.09. The predicted octanol–water partition coefficient (Wildman–Crippen LogP) is 3.30. The zero-order valence-corrected chi connectivity index (χ0v) is 15.3. The van der Waals surface area contributed by atoms with Crippen LogP contribution < -0.4 is 15.2 Å². The van der Waals surface area contributed by atoms with E-state index in [9.17, 15) is 15.8 Å². The Morgan fingerprint density at radius 1 is 1.11 bits per heavy atom. The first-order valence-corrected chi connectivity index (χ1v) is 8.73. The van der Waals surface area contributed by atoms with Crippen molar-refractivity contribution in [2.45, 2.75) is 25.2 Å². The van der Waals surface area contributed by atoms with E-state index in [2.05, 4.69) is 18.2 Å². The molecular weight excluding hydrogens is 340 g/mol. The number of hydrogen-bond acceptors (Lipinski definition) is 6. The van der Waals surface area contributed by atoms with E-state index in [1.165, 1.54) is 0 Å². The van der Waals surface area contributed by atoms with Crippen LogP contribution in [0.3, 0.4) is 0 Å². The van der Waals surface area contributed by atoms with E-state index in [4.69, 9.17) is 15.2 Å². The number of nitrogens with zero attached hydrogens (tertiary/aromatic N) is 3. The summed E-state index contributed by atoms with van der Waals surface area (Å²) in [6.45, 7) is 0. The molecule has 0 radical (unpaired) electrons. The van der Waals surface area contributed by atoms with Crippen LogP contribution in [-0.2, 0) is 0 Å². The molecule has 27 heavy (non-hydrogen) atoms. The largest absolute Gasteiger partial charge is 0.493 e. The van der Waals surface area contributed by atoms with E-state index in [1.807, 2.05) is 12.1 Å². The molecule has 6 nitrogen and oxygen atoms in total. The highest BCUT2D eigenvalue weighted by atomic mass is 16.5. The molecule has 2 atom stereocenters. The van der Waals surface area contributed by atoms with Crippen LogP contribution in [0.4, 0.5) is 0 Å². The number of fused-ring (bicyclic) bond motifs is 1. The highest BCUT2D eigenvalue weighted by molar-refractivity contribution is 5.60. The standard InChI is InChI=1S/C21H20N4O2/c1-26-17-8-7-13(9-18(17)27-2)19-15-6-4-3-5-14(15)16(10-22)20(25)21(19,11-23)12-24/h5,7-9,15,19H,3-4,6,25H2,1-2H3/t15-,19-/m0/s1. The Morgan fingerprint density at radius 3 is 2.41 bits per heavy atom. The van der Waals surface area contributed by atoms with Crippen molar-refractivity contribution in [3.05, 3.63) is 46.7 Å². The predicted molar refractivity (Wildman–Crippen MR) is 98.2 cm³/mol. The van der Waals surface area contributed by atoms with Crippen LogP contribution in [0.1, 0.15) is 30.7 Å². The molecule has 136 valence electrons. The maximum atomic E-state index is 10.0. The Kier molecular flexibility index (Phi) is 4.80. The lowest BCUT2D eigenvalue weighted by Gasteiger charge is -2.43. The first-order valence-electron chi connectivity index (χ1n) is 8.73. The topological polar surface area (TPSA) is 116 Å².